The Kier molecular flexibility index (Phi) is 6.66. The highest BCUT2D eigenvalue weighted by Crippen LogP contribution is 2.23. The first-order valence-corrected chi connectivity index (χ1v) is 11.9. The van der Waals surface area contributed by atoms with E-state index in [4.69, 9.17) is 0 Å². The zero-order chi connectivity index (χ0) is 25.1. The lowest BCUT2D eigenvalue weighted by molar-refractivity contribution is -0.125. The van der Waals surface area contributed by atoms with Crippen molar-refractivity contribution in [1.29, 1.82) is 0 Å². The maximum absolute atomic E-state index is 13.2. The molecule has 10 heteroatoms. The van der Waals surface area contributed by atoms with E-state index in [1.54, 1.807) is 16.8 Å². The fourth-order valence-corrected chi connectivity index (χ4v) is 4.43. The van der Waals surface area contributed by atoms with Crippen LogP contribution in [-0.2, 0) is 11.3 Å². The Morgan fingerprint density at radius 2 is 1.72 bits per heavy atom. The second-order valence-corrected chi connectivity index (χ2v) is 8.97. The quantitative estimate of drug-likeness (QED) is 0.446. The number of carbonyl (C=O) groups excluding carboxylic acids is 1. The molecule has 9 nitrogen and oxygen atoms in total. The van der Waals surface area contributed by atoms with E-state index in [0.717, 1.165) is 48.7 Å². The van der Waals surface area contributed by atoms with Crippen molar-refractivity contribution in [3.63, 3.8) is 0 Å². The number of carbonyl (C=O) groups is 1. The lowest BCUT2D eigenvalue weighted by Crippen LogP contribution is -2.40. The number of rotatable bonds is 6. The second-order valence-electron chi connectivity index (χ2n) is 8.97. The molecule has 5 rings (SSSR count). The SMILES string of the molecule is Cc1cc(C)n(-c2ccc(N3CCC(C(=O)NCc4cc(-c5ccc(F)cc5)ncn4)CC3)nn2)n1. The highest BCUT2D eigenvalue weighted by molar-refractivity contribution is 5.79. The minimum Gasteiger partial charge on any atom is -0.355 e. The summed E-state index contributed by atoms with van der Waals surface area (Å²) in [7, 11) is 0. The summed E-state index contributed by atoms with van der Waals surface area (Å²) in [5, 5.41) is 16.2. The minimum absolute atomic E-state index is 0.0163. The van der Waals surface area contributed by atoms with Crippen molar-refractivity contribution in [2.75, 3.05) is 18.0 Å². The molecule has 0 radical (unpaired) electrons. The zero-order valence-electron chi connectivity index (χ0n) is 20.2. The van der Waals surface area contributed by atoms with Gasteiger partial charge >= 0.3 is 0 Å². The van der Waals surface area contributed by atoms with E-state index in [1.807, 2.05) is 38.1 Å². The highest BCUT2D eigenvalue weighted by atomic mass is 19.1. The molecule has 4 heterocycles. The van der Waals surface area contributed by atoms with Gasteiger partial charge in [-0.3, -0.25) is 4.79 Å². The third-order valence-corrected chi connectivity index (χ3v) is 6.36. The maximum Gasteiger partial charge on any atom is 0.223 e. The average molecular weight is 487 g/mol. The summed E-state index contributed by atoms with van der Waals surface area (Å²) >= 11 is 0. The van der Waals surface area contributed by atoms with E-state index >= 15 is 0 Å². The van der Waals surface area contributed by atoms with Gasteiger partial charge < -0.3 is 10.2 Å². The van der Waals surface area contributed by atoms with Crippen LogP contribution in [-0.4, -0.2) is 48.9 Å². The smallest absolute Gasteiger partial charge is 0.223 e. The van der Waals surface area contributed by atoms with E-state index in [0.29, 0.717) is 23.8 Å². The number of aromatic nitrogens is 6. The Bertz CT molecular complexity index is 1350. The normalized spacial score (nSPS) is 14.1. The third kappa shape index (κ3) is 5.22. The fraction of sp³-hybridized carbons (Fsp3) is 0.308. The van der Waals surface area contributed by atoms with Crippen LogP contribution in [0.2, 0.25) is 0 Å². The molecule has 1 aliphatic heterocycles. The van der Waals surface area contributed by atoms with Crippen LogP contribution < -0.4 is 10.2 Å². The number of nitrogens with zero attached hydrogens (tertiary/aromatic N) is 7. The predicted octanol–water partition coefficient (Wildman–Crippen LogP) is 3.41. The predicted molar refractivity (Wildman–Crippen MR) is 133 cm³/mol. The number of nitrogens with one attached hydrogen (secondary N) is 1. The first-order chi connectivity index (χ1) is 17.5. The molecule has 0 saturated carbocycles. The summed E-state index contributed by atoms with van der Waals surface area (Å²) in [4.78, 5) is 23.5. The van der Waals surface area contributed by atoms with E-state index in [-0.39, 0.29) is 17.6 Å². The Hall–Kier alpha value is -4.21. The fourth-order valence-electron chi connectivity index (χ4n) is 4.43. The van der Waals surface area contributed by atoms with Gasteiger partial charge in [-0.1, -0.05) is 0 Å². The lowest BCUT2D eigenvalue weighted by atomic mass is 9.96. The van der Waals surface area contributed by atoms with Gasteiger partial charge in [-0.25, -0.2) is 19.0 Å². The van der Waals surface area contributed by atoms with E-state index < -0.39 is 0 Å². The molecule has 0 spiro atoms. The molecule has 184 valence electrons. The number of halogens is 1. The molecule has 0 atom stereocenters. The van der Waals surface area contributed by atoms with Gasteiger partial charge in [-0.2, -0.15) is 5.10 Å². The Balaban J connectivity index is 1.14. The number of aryl methyl sites for hydroxylation is 2. The van der Waals surface area contributed by atoms with Crippen molar-refractivity contribution in [3.05, 3.63) is 77.8 Å². The van der Waals surface area contributed by atoms with Gasteiger partial charge in [0, 0.05) is 30.3 Å². The molecule has 0 bridgehead atoms. The molecule has 1 N–H and O–H groups in total. The van der Waals surface area contributed by atoms with E-state index in [9.17, 15) is 9.18 Å². The molecule has 0 aliphatic carbocycles. The van der Waals surface area contributed by atoms with E-state index in [2.05, 4.69) is 35.5 Å². The number of benzene rings is 1. The summed E-state index contributed by atoms with van der Waals surface area (Å²) in [5.41, 5.74) is 4.13. The summed E-state index contributed by atoms with van der Waals surface area (Å²) in [5.74, 6) is 1.14. The molecule has 1 amide bonds. The molecule has 1 aromatic carbocycles. The Labute approximate surface area is 208 Å². The number of hydrogen-bond donors (Lipinski definition) is 1. The number of hydrogen-bond acceptors (Lipinski definition) is 7. The van der Waals surface area contributed by atoms with Crippen molar-refractivity contribution in [2.24, 2.45) is 5.92 Å². The van der Waals surface area contributed by atoms with Gasteiger partial charge in [-0.05, 0) is 75.2 Å². The van der Waals surface area contributed by atoms with Crippen molar-refractivity contribution in [1.82, 2.24) is 35.3 Å². The van der Waals surface area contributed by atoms with Gasteiger partial charge in [-0.15, -0.1) is 10.2 Å². The van der Waals surface area contributed by atoms with Gasteiger partial charge in [0.15, 0.2) is 11.6 Å². The van der Waals surface area contributed by atoms with Gasteiger partial charge in [0.2, 0.25) is 5.91 Å². The molecule has 36 heavy (non-hydrogen) atoms. The summed E-state index contributed by atoms with van der Waals surface area (Å²) in [6, 6.07) is 13.8. The monoisotopic (exact) mass is 486 g/mol. The maximum atomic E-state index is 13.2. The van der Waals surface area contributed by atoms with Crippen LogP contribution in [0.5, 0.6) is 0 Å². The van der Waals surface area contributed by atoms with Crippen LogP contribution in [0.4, 0.5) is 10.2 Å². The van der Waals surface area contributed by atoms with Crippen LogP contribution in [0.15, 0.2) is 54.9 Å². The number of anilines is 1. The number of piperidine rings is 1. The van der Waals surface area contributed by atoms with Gasteiger partial charge in [0.25, 0.3) is 0 Å². The molecule has 1 saturated heterocycles. The van der Waals surface area contributed by atoms with Crippen LogP contribution >= 0.6 is 0 Å². The molecule has 0 unspecified atom stereocenters. The van der Waals surface area contributed by atoms with Crippen molar-refractivity contribution < 1.29 is 9.18 Å². The van der Waals surface area contributed by atoms with Gasteiger partial charge in [0.05, 0.1) is 23.6 Å². The zero-order valence-corrected chi connectivity index (χ0v) is 20.2. The molecule has 3 aromatic heterocycles. The Morgan fingerprint density at radius 1 is 1.00 bits per heavy atom. The van der Waals surface area contributed by atoms with Crippen molar-refractivity contribution >= 4 is 11.7 Å². The molecule has 1 aliphatic rings. The first-order valence-electron chi connectivity index (χ1n) is 11.9. The van der Waals surface area contributed by atoms with E-state index in [1.165, 1.54) is 18.5 Å². The Morgan fingerprint density at radius 3 is 2.39 bits per heavy atom. The largest absolute Gasteiger partial charge is 0.355 e. The minimum atomic E-state index is -0.296. The molecule has 1 fully saturated rings. The molecule has 4 aromatic rings. The topological polar surface area (TPSA) is 102 Å². The molecular formula is C26H27FN8O. The standard InChI is InChI=1S/C26H27FN8O/c1-17-13-18(2)35(33-17)25-8-7-24(31-32-25)34-11-9-20(10-12-34)26(36)28-15-22-14-23(30-16-29-22)19-3-5-21(27)6-4-19/h3-8,13-14,16,20H,9-12,15H2,1-2H3,(H,28,36). The summed E-state index contributed by atoms with van der Waals surface area (Å²) in [6.07, 6.45) is 2.93. The van der Waals surface area contributed by atoms with Gasteiger partial charge in [0.1, 0.15) is 12.1 Å². The first kappa shape index (κ1) is 23.5. The van der Waals surface area contributed by atoms with Crippen LogP contribution in [0.3, 0.4) is 0 Å². The second kappa shape index (κ2) is 10.2. The number of amides is 1. The van der Waals surface area contributed by atoms with Crippen LogP contribution in [0.1, 0.15) is 29.9 Å². The highest BCUT2D eigenvalue weighted by Gasteiger charge is 2.26. The van der Waals surface area contributed by atoms with Crippen LogP contribution in [0.25, 0.3) is 17.1 Å². The van der Waals surface area contributed by atoms with Crippen molar-refractivity contribution in [2.45, 2.75) is 33.2 Å². The lowest BCUT2D eigenvalue weighted by Gasteiger charge is -2.31. The van der Waals surface area contributed by atoms with Crippen LogP contribution in [0, 0.1) is 25.6 Å². The average Bonchev–Trinajstić information content (AvgIpc) is 3.25. The summed E-state index contributed by atoms with van der Waals surface area (Å²) < 4.78 is 15.0. The summed E-state index contributed by atoms with van der Waals surface area (Å²) in [6.45, 7) is 5.71. The third-order valence-electron chi connectivity index (χ3n) is 6.36. The molecular weight excluding hydrogens is 459 g/mol. The van der Waals surface area contributed by atoms with Crippen molar-refractivity contribution in [3.8, 4) is 17.1 Å².